The fourth-order valence-electron chi connectivity index (χ4n) is 2.72. The third kappa shape index (κ3) is 4.59. The number of aromatic nitrogens is 2. The van der Waals surface area contributed by atoms with Gasteiger partial charge in [0.15, 0.2) is 0 Å². The lowest BCUT2D eigenvalue weighted by Crippen LogP contribution is -2.46. The first-order chi connectivity index (χ1) is 12.1. The molecule has 0 saturated carbocycles. The van der Waals surface area contributed by atoms with Gasteiger partial charge in [0, 0.05) is 18.3 Å². The summed E-state index contributed by atoms with van der Waals surface area (Å²) in [4.78, 5) is 14.2. The number of hydrogen-bond acceptors (Lipinski definition) is 5. The van der Waals surface area contributed by atoms with Crippen LogP contribution in [0.5, 0.6) is 11.6 Å². The average molecular weight is 342 g/mol. The van der Waals surface area contributed by atoms with Crippen molar-refractivity contribution in [3.8, 4) is 11.6 Å². The van der Waals surface area contributed by atoms with E-state index in [1.54, 1.807) is 18.1 Å². The third-order valence-corrected chi connectivity index (χ3v) is 4.07. The van der Waals surface area contributed by atoms with Crippen LogP contribution in [0.4, 0.5) is 10.5 Å². The predicted molar refractivity (Wildman–Crippen MR) is 94.0 cm³/mol. The van der Waals surface area contributed by atoms with Gasteiger partial charge in [-0.05, 0) is 50.1 Å². The van der Waals surface area contributed by atoms with Gasteiger partial charge in [-0.3, -0.25) is 0 Å². The third-order valence-electron chi connectivity index (χ3n) is 4.07. The fraction of sp³-hybridized carbons (Fsp3) is 0.389. The molecule has 1 atom stereocenters. The lowest BCUT2D eigenvalue weighted by molar-refractivity contribution is 0.102. The van der Waals surface area contributed by atoms with Crippen molar-refractivity contribution in [3.05, 3.63) is 42.1 Å². The van der Waals surface area contributed by atoms with Crippen LogP contribution in [0.25, 0.3) is 0 Å². The van der Waals surface area contributed by atoms with Crippen LogP contribution in [0.15, 0.2) is 36.4 Å². The Labute approximate surface area is 147 Å². The number of aryl methyl sites for hydroxylation is 1. The number of rotatable bonds is 4. The largest absolute Gasteiger partial charge is 0.497 e. The van der Waals surface area contributed by atoms with Gasteiger partial charge < -0.3 is 19.7 Å². The molecule has 7 nitrogen and oxygen atoms in total. The highest BCUT2D eigenvalue weighted by atomic mass is 16.5. The molecule has 0 aliphatic carbocycles. The predicted octanol–water partition coefficient (Wildman–Crippen LogP) is 2.87. The number of benzene rings is 1. The number of piperidine rings is 1. The Kier molecular flexibility index (Phi) is 5.33. The van der Waals surface area contributed by atoms with Crippen LogP contribution in [-0.4, -0.2) is 47.4 Å². The molecule has 1 aliphatic rings. The average Bonchev–Trinajstić information content (AvgIpc) is 2.64. The molecule has 2 heterocycles. The Morgan fingerprint density at radius 1 is 1.20 bits per heavy atom. The van der Waals surface area contributed by atoms with E-state index in [1.807, 2.05) is 37.3 Å². The van der Waals surface area contributed by atoms with E-state index in [-0.39, 0.29) is 12.1 Å². The van der Waals surface area contributed by atoms with Crippen molar-refractivity contribution in [2.45, 2.75) is 25.9 Å². The fourth-order valence-corrected chi connectivity index (χ4v) is 2.72. The minimum Gasteiger partial charge on any atom is -0.497 e. The zero-order valence-corrected chi connectivity index (χ0v) is 14.4. The van der Waals surface area contributed by atoms with Gasteiger partial charge in [0.05, 0.1) is 19.3 Å². The molecule has 0 spiro atoms. The van der Waals surface area contributed by atoms with Crippen LogP contribution < -0.4 is 14.8 Å². The Bertz CT molecular complexity index is 703. The molecule has 3 rings (SSSR count). The number of nitrogens with zero attached hydrogens (tertiary/aromatic N) is 3. The maximum Gasteiger partial charge on any atom is 0.321 e. The summed E-state index contributed by atoms with van der Waals surface area (Å²) in [6.45, 7) is 3.11. The van der Waals surface area contributed by atoms with E-state index in [0.717, 1.165) is 30.0 Å². The molecule has 1 saturated heterocycles. The number of carbonyl (C=O) groups excluding carboxylic acids is 1. The van der Waals surface area contributed by atoms with Gasteiger partial charge in [0.1, 0.15) is 11.9 Å². The normalized spacial score (nSPS) is 17.0. The van der Waals surface area contributed by atoms with Crippen LogP contribution >= 0.6 is 0 Å². The van der Waals surface area contributed by atoms with Crippen molar-refractivity contribution in [3.63, 3.8) is 0 Å². The summed E-state index contributed by atoms with van der Waals surface area (Å²) in [5, 5.41) is 10.9. The number of anilines is 1. The number of nitrogens with one attached hydrogen (secondary N) is 1. The van der Waals surface area contributed by atoms with Crippen molar-refractivity contribution in [2.75, 3.05) is 25.5 Å². The first-order valence-corrected chi connectivity index (χ1v) is 8.31. The zero-order valence-electron chi connectivity index (χ0n) is 14.4. The molecule has 7 heteroatoms. The highest BCUT2D eigenvalue weighted by Crippen LogP contribution is 2.19. The topological polar surface area (TPSA) is 76.6 Å². The molecule has 1 aliphatic heterocycles. The summed E-state index contributed by atoms with van der Waals surface area (Å²) in [5.41, 5.74) is 1.58. The van der Waals surface area contributed by atoms with E-state index < -0.39 is 0 Å². The maximum absolute atomic E-state index is 12.5. The van der Waals surface area contributed by atoms with E-state index in [4.69, 9.17) is 9.47 Å². The van der Waals surface area contributed by atoms with Crippen LogP contribution in [0, 0.1) is 6.92 Å². The highest BCUT2D eigenvalue weighted by Gasteiger charge is 2.25. The molecule has 1 unspecified atom stereocenters. The van der Waals surface area contributed by atoms with Crippen molar-refractivity contribution in [1.29, 1.82) is 0 Å². The second-order valence-corrected chi connectivity index (χ2v) is 6.00. The number of hydrogen-bond donors (Lipinski definition) is 1. The molecule has 132 valence electrons. The van der Waals surface area contributed by atoms with Gasteiger partial charge in [-0.15, -0.1) is 5.10 Å². The molecular weight excluding hydrogens is 320 g/mol. The lowest BCUT2D eigenvalue weighted by Gasteiger charge is -2.32. The van der Waals surface area contributed by atoms with Crippen LogP contribution in [0.2, 0.25) is 0 Å². The number of amides is 2. The summed E-state index contributed by atoms with van der Waals surface area (Å²) >= 11 is 0. The summed E-state index contributed by atoms with van der Waals surface area (Å²) < 4.78 is 11.0. The van der Waals surface area contributed by atoms with Crippen molar-refractivity contribution < 1.29 is 14.3 Å². The quantitative estimate of drug-likeness (QED) is 0.924. The first kappa shape index (κ1) is 17.0. The molecule has 1 aromatic carbocycles. The summed E-state index contributed by atoms with van der Waals surface area (Å²) in [6.07, 6.45) is 1.70. The molecule has 25 heavy (non-hydrogen) atoms. The molecule has 2 aromatic rings. The standard InChI is InChI=1S/C18H22N4O3/c1-13-5-10-17(21-20-13)25-16-4-3-11-22(12-16)18(23)19-14-6-8-15(24-2)9-7-14/h5-10,16H,3-4,11-12H2,1-2H3,(H,19,23). The van der Waals surface area contributed by atoms with E-state index in [1.165, 1.54) is 0 Å². The Morgan fingerprint density at radius 2 is 2.00 bits per heavy atom. The second kappa shape index (κ2) is 7.83. The van der Waals surface area contributed by atoms with Crippen LogP contribution in [-0.2, 0) is 0 Å². The van der Waals surface area contributed by atoms with E-state index in [0.29, 0.717) is 19.0 Å². The minimum atomic E-state index is -0.131. The summed E-state index contributed by atoms with van der Waals surface area (Å²) in [7, 11) is 1.61. The van der Waals surface area contributed by atoms with Crippen LogP contribution in [0.3, 0.4) is 0 Å². The summed E-state index contributed by atoms with van der Waals surface area (Å²) in [6, 6.07) is 10.8. The number of urea groups is 1. The first-order valence-electron chi connectivity index (χ1n) is 8.31. The van der Waals surface area contributed by atoms with E-state index >= 15 is 0 Å². The molecule has 1 N–H and O–H groups in total. The molecule has 0 bridgehead atoms. The summed E-state index contributed by atoms with van der Waals surface area (Å²) in [5.74, 6) is 1.25. The molecule has 0 radical (unpaired) electrons. The van der Waals surface area contributed by atoms with Crippen molar-refractivity contribution >= 4 is 11.7 Å². The lowest BCUT2D eigenvalue weighted by atomic mass is 10.1. The number of methoxy groups -OCH3 is 1. The van der Waals surface area contributed by atoms with Gasteiger partial charge in [0.2, 0.25) is 5.88 Å². The zero-order chi connectivity index (χ0) is 17.6. The number of likely N-dealkylation sites (tertiary alicyclic amines) is 1. The van der Waals surface area contributed by atoms with Crippen molar-refractivity contribution in [1.82, 2.24) is 15.1 Å². The van der Waals surface area contributed by atoms with Crippen LogP contribution in [0.1, 0.15) is 18.5 Å². The van der Waals surface area contributed by atoms with Gasteiger partial charge in [0.25, 0.3) is 0 Å². The number of carbonyl (C=O) groups is 1. The van der Waals surface area contributed by atoms with Gasteiger partial charge >= 0.3 is 6.03 Å². The van der Waals surface area contributed by atoms with E-state index in [9.17, 15) is 4.79 Å². The maximum atomic E-state index is 12.5. The Morgan fingerprint density at radius 3 is 2.68 bits per heavy atom. The van der Waals surface area contributed by atoms with E-state index in [2.05, 4.69) is 15.5 Å². The van der Waals surface area contributed by atoms with Gasteiger partial charge in [-0.25, -0.2) is 4.79 Å². The van der Waals surface area contributed by atoms with Gasteiger partial charge in [-0.1, -0.05) is 0 Å². The second-order valence-electron chi connectivity index (χ2n) is 6.00. The van der Waals surface area contributed by atoms with Gasteiger partial charge in [-0.2, -0.15) is 5.10 Å². The highest BCUT2D eigenvalue weighted by molar-refractivity contribution is 5.89. The molecule has 2 amide bonds. The Hall–Kier alpha value is -2.83. The molecule has 1 aromatic heterocycles. The Balaban J connectivity index is 1.56. The number of ether oxygens (including phenoxy) is 2. The molecule has 1 fully saturated rings. The monoisotopic (exact) mass is 342 g/mol. The minimum absolute atomic E-state index is 0.0765. The molecular formula is C18H22N4O3. The SMILES string of the molecule is COc1ccc(NC(=O)N2CCCC(Oc3ccc(C)nn3)C2)cc1. The van der Waals surface area contributed by atoms with Crippen molar-refractivity contribution in [2.24, 2.45) is 0 Å². The smallest absolute Gasteiger partial charge is 0.321 e.